The van der Waals surface area contributed by atoms with Crippen LogP contribution in [0.5, 0.6) is 0 Å². The molecule has 1 heterocycles. The molecule has 0 saturated heterocycles. The van der Waals surface area contributed by atoms with Gasteiger partial charge in [-0.1, -0.05) is 11.6 Å². The van der Waals surface area contributed by atoms with E-state index in [1.807, 2.05) is 25.1 Å². The number of benzene rings is 1. The quantitative estimate of drug-likeness (QED) is 0.683. The molecule has 0 bridgehead atoms. The van der Waals surface area contributed by atoms with Gasteiger partial charge in [0.2, 0.25) is 0 Å². The summed E-state index contributed by atoms with van der Waals surface area (Å²) in [6, 6.07) is 5.90. The Kier molecular flexibility index (Phi) is 3.86. The molecule has 0 fully saturated rings. The first-order chi connectivity index (χ1) is 8.15. The van der Waals surface area contributed by atoms with Crippen molar-refractivity contribution in [2.75, 3.05) is 5.73 Å². The molecular weight excluding hydrogens is 254 g/mol. The van der Waals surface area contributed by atoms with Gasteiger partial charge < -0.3 is 5.73 Å². The summed E-state index contributed by atoms with van der Waals surface area (Å²) in [5, 5.41) is 0.419. The molecule has 2 rings (SSSR count). The molecule has 0 aliphatic carbocycles. The molecule has 5 heteroatoms. The molecule has 88 valence electrons. The summed E-state index contributed by atoms with van der Waals surface area (Å²) in [4.78, 5) is 9.40. The average molecular weight is 266 g/mol. The van der Waals surface area contributed by atoms with Gasteiger partial charge in [-0.05, 0) is 30.7 Å². The molecule has 0 amide bonds. The number of halogens is 1. The zero-order valence-corrected chi connectivity index (χ0v) is 10.9. The van der Waals surface area contributed by atoms with E-state index in [1.54, 1.807) is 24.2 Å². The molecule has 0 saturated carbocycles. The summed E-state index contributed by atoms with van der Waals surface area (Å²) in [5.41, 5.74) is 8.59. The number of thioether (sulfide) groups is 1. The smallest absolute Gasteiger partial charge is 0.147 e. The second-order valence-electron chi connectivity index (χ2n) is 3.64. The monoisotopic (exact) mass is 265 g/mol. The number of aryl methyl sites for hydroxylation is 1. The molecule has 2 aromatic rings. The Labute approximate surface area is 109 Å². The summed E-state index contributed by atoms with van der Waals surface area (Å²) in [7, 11) is 0. The Morgan fingerprint density at radius 2 is 2.12 bits per heavy atom. The Morgan fingerprint density at radius 1 is 1.29 bits per heavy atom. The highest BCUT2D eigenvalue weighted by Crippen LogP contribution is 2.26. The van der Waals surface area contributed by atoms with Gasteiger partial charge in [0.05, 0.1) is 18.1 Å². The standard InChI is InChI=1S/C12H12ClN3S/c1-8-4-9(14)2-3-11(8)17-7-10-5-16-12(13)6-15-10/h2-6H,7,14H2,1H3. The van der Waals surface area contributed by atoms with E-state index >= 15 is 0 Å². The highest BCUT2D eigenvalue weighted by atomic mass is 35.5. The molecule has 1 aromatic carbocycles. The van der Waals surface area contributed by atoms with E-state index in [1.165, 1.54) is 10.5 Å². The zero-order valence-electron chi connectivity index (χ0n) is 9.35. The number of nitrogens with zero attached hydrogens (tertiary/aromatic N) is 2. The van der Waals surface area contributed by atoms with Crippen LogP contribution < -0.4 is 5.73 Å². The Morgan fingerprint density at radius 3 is 2.76 bits per heavy atom. The maximum Gasteiger partial charge on any atom is 0.147 e. The van der Waals surface area contributed by atoms with E-state index in [9.17, 15) is 0 Å². The Hall–Kier alpha value is -1.26. The first-order valence-electron chi connectivity index (χ1n) is 5.10. The lowest BCUT2D eigenvalue weighted by molar-refractivity contribution is 1.10. The van der Waals surface area contributed by atoms with Gasteiger partial charge >= 0.3 is 0 Å². The molecule has 3 nitrogen and oxygen atoms in total. The van der Waals surface area contributed by atoms with Gasteiger partial charge in [-0.2, -0.15) is 0 Å². The fourth-order valence-corrected chi connectivity index (χ4v) is 2.40. The first kappa shape index (κ1) is 12.2. The second-order valence-corrected chi connectivity index (χ2v) is 5.05. The molecule has 0 radical (unpaired) electrons. The van der Waals surface area contributed by atoms with Crippen LogP contribution >= 0.6 is 23.4 Å². The van der Waals surface area contributed by atoms with E-state index < -0.39 is 0 Å². The number of hydrogen-bond acceptors (Lipinski definition) is 4. The third-order valence-corrected chi connectivity index (χ3v) is 3.65. The summed E-state index contributed by atoms with van der Waals surface area (Å²) >= 11 is 7.39. The Balaban J connectivity index is 2.04. The van der Waals surface area contributed by atoms with Gasteiger partial charge in [0, 0.05) is 16.3 Å². The van der Waals surface area contributed by atoms with E-state index in [2.05, 4.69) is 9.97 Å². The van der Waals surface area contributed by atoms with Crippen LogP contribution in [0.4, 0.5) is 5.69 Å². The van der Waals surface area contributed by atoms with E-state index in [0.717, 1.165) is 17.1 Å². The van der Waals surface area contributed by atoms with Crippen LogP contribution in [0.2, 0.25) is 5.15 Å². The summed E-state index contributed by atoms with van der Waals surface area (Å²) in [6.45, 7) is 2.05. The van der Waals surface area contributed by atoms with Gasteiger partial charge in [-0.25, -0.2) is 4.98 Å². The SMILES string of the molecule is Cc1cc(N)ccc1SCc1cnc(Cl)cn1. The highest BCUT2D eigenvalue weighted by molar-refractivity contribution is 7.98. The molecule has 17 heavy (non-hydrogen) atoms. The van der Waals surface area contributed by atoms with Gasteiger partial charge in [-0.3, -0.25) is 4.98 Å². The molecule has 0 unspecified atom stereocenters. The second kappa shape index (κ2) is 5.38. The number of aromatic nitrogens is 2. The molecule has 1 aromatic heterocycles. The van der Waals surface area contributed by atoms with E-state index in [0.29, 0.717) is 5.15 Å². The van der Waals surface area contributed by atoms with Crippen molar-refractivity contribution in [2.45, 2.75) is 17.6 Å². The van der Waals surface area contributed by atoms with Crippen molar-refractivity contribution >= 4 is 29.1 Å². The minimum atomic E-state index is 0.419. The lowest BCUT2D eigenvalue weighted by Gasteiger charge is -2.05. The predicted molar refractivity (Wildman–Crippen MR) is 72.2 cm³/mol. The minimum absolute atomic E-state index is 0.419. The third kappa shape index (κ3) is 3.35. The fourth-order valence-electron chi connectivity index (χ4n) is 1.40. The maximum absolute atomic E-state index is 5.71. The van der Waals surface area contributed by atoms with Crippen LogP contribution in [0.25, 0.3) is 0 Å². The van der Waals surface area contributed by atoms with Gasteiger partial charge in [0.25, 0.3) is 0 Å². The predicted octanol–water partition coefficient (Wildman–Crippen LogP) is 3.31. The highest BCUT2D eigenvalue weighted by Gasteiger charge is 2.02. The molecular formula is C12H12ClN3S. The van der Waals surface area contributed by atoms with Crippen LogP contribution in [0, 0.1) is 6.92 Å². The summed E-state index contributed by atoms with van der Waals surface area (Å²) in [6.07, 6.45) is 3.26. The molecule has 0 spiro atoms. The number of nitrogens with two attached hydrogens (primary N) is 1. The van der Waals surface area contributed by atoms with Crippen molar-refractivity contribution in [1.29, 1.82) is 0 Å². The number of hydrogen-bond donors (Lipinski definition) is 1. The van der Waals surface area contributed by atoms with Crippen molar-refractivity contribution in [3.05, 3.63) is 47.0 Å². The molecule has 2 N–H and O–H groups in total. The Bertz CT molecular complexity index is 514. The first-order valence-corrected chi connectivity index (χ1v) is 6.47. The summed E-state index contributed by atoms with van der Waals surface area (Å²) in [5.74, 6) is 0.773. The third-order valence-electron chi connectivity index (χ3n) is 2.25. The average Bonchev–Trinajstić information content (AvgIpc) is 2.30. The van der Waals surface area contributed by atoms with Crippen LogP contribution in [0.3, 0.4) is 0 Å². The minimum Gasteiger partial charge on any atom is -0.399 e. The fraction of sp³-hybridized carbons (Fsp3) is 0.167. The van der Waals surface area contributed by atoms with Crippen molar-refractivity contribution in [1.82, 2.24) is 9.97 Å². The molecule has 0 aliphatic rings. The van der Waals surface area contributed by atoms with Gasteiger partial charge in [0.1, 0.15) is 5.15 Å². The largest absolute Gasteiger partial charge is 0.399 e. The maximum atomic E-state index is 5.71. The van der Waals surface area contributed by atoms with Crippen LogP contribution in [-0.4, -0.2) is 9.97 Å². The van der Waals surface area contributed by atoms with Gasteiger partial charge in [0.15, 0.2) is 0 Å². The lowest BCUT2D eigenvalue weighted by Crippen LogP contribution is -1.90. The van der Waals surface area contributed by atoms with E-state index in [4.69, 9.17) is 17.3 Å². The molecule has 0 aliphatic heterocycles. The van der Waals surface area contributed by atoms with Crippen molar-refractivity contribution in [2.24, 2.45) is 0 Å². The number of rotatable bonds is 3. The topological polar surface area (TPSA) is 51.8 Å². The summed E-state index contributed by atoms with van der Waals surface area (Å²) < 4.78 is 0. The lowest BCUT2D eigenvalue weighted by atomic mass is 10.2. The zero-order chi connectivity index (χ0) is 12.3. The number of anilines is 1. The van der Waals surface area contributed by atoms with Crippen LogP contribution in [0.15, 0.2) is 35.5 Å². The van der Waals surface area contributed by atoms with Crippen molar-refractivity contribution < 1.29 is 0 Å². The van der Waals surface area contributed by atoms with Crippen molar-refractivity contribution in [3.8, 4) is 0 Å². The normalized spacial score (nSPS) is 10.5. The van der Waals surface area contributed by atoms with Crippen molar-refractivity contribution in [3.63, 3.8) is 0 Å². The van der Waals surface area contributed by atoms with E-state index in [-0.39, 0.29) is 0 Å². The van der Waals surface area contributed by atoms with Crippen LogP contribution in [0.1, 0.15) is 11.3 Å². The number of nitrogen functional groups attached to an aromatic ring is 1. The van der Waals surface area contributed by atoms with Crippen LogP contribution in [-0.2, 0) is 5.75 Å². The van der Waals surface area contributed by atoms with Gasteiger partial charge in [-0.15, -0.1) is 11.8 Å². The molecule has 0 atom stereocenters.